The number of carbonyl (C=O) groups excluding carboxylic acids is 1. The fourth-order valence-corrected chi connectivity index (χ4v) is 4.96. The molecule has 0 bridgehead atoms. The Morgan fingerprint density at radius 1 is 1.29 bits per heavy atom. The number of esters is 1. The van der Waals surface area contributed by atoms with Crippen LogP contribution in [0.1, 0.15) is 42.6 Å². The average Bonchev–Trinajstić information content (AvgIpc) is 3.19. The number of benzene rings is 1. The molecule has 2 aromatic rings. The second kappa shape index (κ2) is 10.2. The largest absolute Gasteiger partial charge is 0.461 e. The van der Waals surface area contributed by atoms with Crippen LogP contribution in [-0.4, -0.2) is 55.7 Å². The van der Waals surface area contributed by atoms with Crippen LogP contribution in [0.25, 0.3) is 0 Å². The number of azo groups is 1. The van der Waals surface area contributed by atoms with Gasteiger partial charge in [0.1, 0.15) is 5.69 Å². The van der Waals surface area contributed by atoms with Gasteiger partial charge in [-0.15, -0.1) is 20.4 Å². The highest BCUT2D eigenvalue weighted by molar-refractivity contribution is 7.92. The minimum Gasteiger partial charge on any atom is -0.461 e. The van der Waals surface area contributed by atoms with Crippen molar-refractivity contribution in [3.63, 3.8) is 0 Å². The minimum atomic E-state index is -4.91. The van der Waals surface area contributed by atoms with E-state index in [2.05, 4.69) is 20.4 Å². The number of hydrogen-bond acceptors (Lipinski definition) is 10. The van der Waals surface area contributed by atoms with Gasteiger partial charge < -0.3 is 9.64 Å². The lowest BCUT2D eigenvalue weighted by Gasteiger charge is -2.35. The van der Waals surface area contributed by atoms with E-state index >= 15 is 0 Å². The number of ether oxygens (including phenoxy) is 1. The minimum absolute atomic E-state index is 0.00585. The Morgan fingerprint density at radius 3 is 2.68 bits per heavy atom. The number of anilines is 2. The smallest absolute Gasteiger partial charge is 0.404 e. The zero-order chi connectivity index (χ0) is 25.1. The van der Waals surface area contributed by atoms with Crippen LogP contribution in [0.5, 0.6) is 0 Å². The Kier molecular flexibility index (Phi) is 7.75. The zero-order valence-corrected chi connectivity index (χ0v) is 20.2. The van der Waals surface area contributed by atoms with E-state index < -0.39 is 27.9 Å². The molecule has 3 rings (SSSR count). The summed E-state index contributed by atoms with van der Waals surface area (Å²) in [5.41, 5.74) is 1.44. The predicted molar refractivity (Wildman–Crippen MR) is 121 cm³/mol. The molecule has 0 amide bonds. The molecule has 1 aliphatic rings. The monoisotopic (exact) mass is 520 g/mol. The van der Waals surface area contributed by atoms with Gasteiger partial charge in [-0.1, -0.05) is 11.3 Å². The molecule has 0 fully saturated rings. The number of fused-ring (bicyclic) bond motifs is 1. The molecule has 1 aromatic carbocycles. The first kappa shape index (κ1) is 25.8. The molecule has 0 saturated heterocycles. The lowest BCUT2D eigenvalue weighted by Crippen LogP contribution is -2.35. The van der Waals surface area contributed by atoms with Crippen LogP contribution in [-0.2, 0) is 21.2 Å². The molecule has 186 valence electrons. The van der Waals surface area contributed by atoms with E-state index in [-0.39, 0.29) is 34.2 Å². The summed E-state index contributed by atoms with van der Waals surface area (Å²) in [5, 5.41) is 15.2. The van der Waals surface area contributed by atoms with Crippen LogP contribution in [0, 0.1) is 0 Å². The van der Waals surface area contributed by atoms with Gasteiger partial charge >= 0.3 is 12.1 Å². The molecule has 10 nitrogen and oxygen atoms in total. The third-order valence-electron chi connectivity index (χ3n) is 4.70. The number of alkyl halides is 3. The number of nitrogens with zero attached hydrogens (tertiary/aromatic N) is 5. The molecule has 15 heteroatoms. The SMILES string of the molecule is CCOC(=O)c1nnc(N=Nc2cc3c(cc2NS(=O)(=O)CC(F)(F)F)N(C(C)C)CCC3)s1. The van der Waals surface area contributed by atoms with Crippen molar-refractivity contribution in [3.8, 4) is 0 Å². The number of rotatable bonds is 8. The van der Waals surface area contributed by atoms with Crippen molar-refractivity contribution in [1.29, 1.82) is 0 Å². The molecule has 0 spiro atoms. The van der Waals surface area contributed by atoms with Crippen LogP contribution in [0.3, 0.4) is 0 Å². The number of halogens is 3. The van der Waals surface area contributed by atoms with E-state index in [9.17, 15) is 26.4 Å². The van der Waals surface area contributed by atoms with Crippen molar-refractivity contribution in [3.05, 3.63) is 22.7 Å². The third kappa shape index (κ3) is 6.62. The summed E-state index contributed by atoms with van der Waals surface area (Å²) >= 11 is 0.807. The highest BCUT2D eigenvalue weighted by atomic mass is 32.2. The molecule has 0 radical (unpaired) electrons. The summed E-state index contributed by atoms with van der Waals surface area (Å²) in [6, 6.07) is 3.15. The maximum absolute atomic E-state index is 12.8. The molecular weight excluding hydrogens is 497 g/mol. The van der Waals surface area contributed by atoms with Crippen molar-refractivity contribution in [2.45, 2.75) is 45.8 Å². The zero-order valence-electron chi connectivity index (χ0n) is 18.6. The van der Waals surface area contributed by atoms with Gasteiger partial charge in [-0.2, -0.15) is 13.2 Å². The third-order valence-corrected chi connectivity index (χ3v) is 6.73. The van der Waals surface area contributed by atoms with Gasteiger partial charge in [-0.3, -0.25) is 4.72 Å². The van der Waals surface area contributed by atoms with E-state index in [0.29, 0.717) is 12.1 Å². The van der Waals surface area contributed by atoms with Gasteiger partial charge in [0, 0.05) is 18.3 Å². The second-order valence-corrected chi connectivity index (χ2v) is 10.4. The van der Waals surface area contributed by atoms with E-state index in [0.717, 1.165) is 29.9 Å². The fourth-order valence-electron chi connectivity index (χ4n) is 3.40. The summed E-state index contributed by atoms with van der Waals surface area (Å²) in [6.07, 6.45) is -3.38. The van der Waals surface area contributed by atoms with E-state index in [1.54, 1.807) is 13.0 Å². The summed E-state index contributed by atoms with van der Waals surface area (Å²) in [6.45, 7) is 6.44. The quantitative estimate of drug-likeness (QED) is 0.398. The van der Waals surface area contributed by atoms with Gasteiger partial charge in [0.05, 0.1) is 12.3 Å². The lowest BCUT2D eigenvalue weighted by atomic mass is 9.99. The fraction of sp³-hybridized carbons (Fsp3) is 0.526. The highest BCUT2D eigenvalue weighted by Gasteiger charge is 2.36. The van der Waals surface area contributed by atoms with Crippen LogP contribution in [0.2, 0.25) is 0 Å². The Labute approximate surface area is 198 Å². The van der Waals surface area contributed by atoms with Gasteiger partial charge in [-0.25, -0.2) is 13.2 Å². The van der Waals surface area contributed by atoms with Gasteiger partial charge in [0.2, 0.25) is 15.0 Å². The van der Waals surface area contributed by atoms with E-state index in [1.165, 1.54) is 6.07 Å². The van der Waals surface area contributed by atoms with Gasteiger partial charge in [-0.05, 0) is 51.3 Å². The normalized spacial score (nSPS) is 14.5. The van der Waals surface area contributed by atoms with Crippen LogP contribution in [0.4, 0.5) is 35.4 Å². The Hall–Kier alpha value is -2.81. The summed E-state index contributed by atoms with van der Waals surface area (Å²) in [4.78, 5) is 13.8. The van der Waals surface area contributed by atoms with E-state index in [1.807, 2.05) is 23.5 Å². The first-order valence-corrected chi connectivity index (χ1v) is 12.8. The molecule has 1 aliphatic heterocycles. The lowest BCUT2D eigenvalue weighted by molar-refractivity contribution is -0.106. The Morgan fingerprint density at radius 2 is 2.03 bits per heavy atom. The first-order valence-electron chi connectivity index (χ1n) is 10.3. The molecule has 0 atom stereocenters. The van der Waals surface area contributed by atoms with Gasteiger partial charge in [0.25, 0.3) is 5.13 Å². The highest BCUT2D eigenvalue weighted by Crippen LogP contribution is 2.39. The maximum Gasteiger partial charge on any atom is 0.404 e. The molecule has 2 heterocycles. The molecule has 0 saturated carbocycles. The topological polar surface area (TPSA) is 126 Å². The van der Waals surface area contributed by atoms with Crippen molar-refractivity contribution in [1.82, 2.24) is 10.2 Å². The summed E-state index contributed by atoms with van der Waals surface area (Å²) < 4.78 is 69.5. The van der Waals surface area contributed by atoms with Crippen molar-refractivity contribution < 1.29 is 31.1 Å². The Bertz CT molecular complexity index is 1180. The Balaban J connectivity index is 1.99. The number of aromatic nitrogens is 2. The standard InChI is InChI=1S/C19H23F3N6O4S2/c1-4-32-17(29)16-24-26-18(33-16)25-23-13-8-12-6-5-7-28(11(2)3)15(12)9-14(13)27-34(30,31)10-19(20,21)22/h8-9,11,27H,4-7,10H2,1-3H3. The number of aryl methyl sites for hydroxylation is 1. The van der Waals surface area contributed by atoms with Crippen LogP contribution >= 0.6 is 11.3 Å². The molecule has 1 N–H and O–H groups in total. The number of carbonyl (C=O) groups is 1. The maximum atomic E-state index is 12.8. The number of hydrogen-bond donors (Lipinski definition) is 1. The molecule has 0 unspecified atom stereocenters. The van der Waals surface area contributed by atoms with Crippen molar-refractivity contribution in [2.24, 2.45) is 10.2 Å². The molecule has 34 heavy (non-hydrogen) atoms. The van der Waals surface area contributed by atoms with Crippen molar-refractivity contribution >= 4 is 49.5 Å². The average molecular weight is 521 g/mol. The molecule has 0 aliphatic carbocycles. The molecule has 1 aromatic heterocycles. The molecular formula is C19H23F3N6O4S2. The van der Waals surface area contributed by atoms with Crippen molar-refractivity contribution in [2.75, 3.05) is 28.5 Å². The number of sulfonamides is 1. The second-order valence-electron chi connectivity index (χ2n) is 7.68. The van der Waals surface area contributed by atoms with E-state index in [4.69, 9.17) is 4.74 Å². The van der Waals surface area contributed by atoms with Crippen LogP contribution in [0.15, 0.2) is 22.4 Å². The van der Waals surface area contributed by atoms with Gasteiger partial charge in [0.15, 0.2) is 5.75 Å². The number of nitrogens with one attached hydrogen (secondary N) is 1. The first-order chi connectivity index (χ1) is 15.9. The summed E-state index contributed by atoms with van der Waals surface area (Å²) in [7, 11) is -4.76. The van der Waals surface area contributed by atoms with Crippen LogP contribution < -0.4 is 9.62 Å². The summed E-state index contributed by atoms with van der Waals surface area (Å²) in [5.74, 6) is -2.72. The predicted octanol–water partition coefficient (Wildman–Crippen LogP) is 4.60.